The Morgan fingerprint density at radius 2 is 2.04 bits per heavy atom. The van der Waals surface area contributed by atoms with Crippen LogP contribution in [0.2, 0.25) is 0 Å². The molecule has 0 unspecified atom stereocenters. The summed E-state index contributed by atoms with van der Waals surface area (Å²) >= 11 is 3.46. The smallest absolute Gasteiger partial charge is 0.322 e. The van der Waals surface area contributed by atoms with Crippen LogP contribution < -0.4 is 10.2 Å². The van der Waals surface area contributed by atoms with E-state index in [0.29, 0.717) is 6.54 Å². The van der Waals surface area contributed by atoms with Crippen LogP contribution in [0.1, 0.15) is 36.9 Å². The molecule has 2 heterocycles. The Hall–Kier alpha value is -1.95. The highest BCUT2D eigenvalue weighted by Gasteiger charge is 2.55. The molecule has 1 aromatic heterocycles. The topological polar surface area (TPSA) is 45.2 Å². The predicted octanol–water partition coefficient (Wildman–Crippen LogP) is 4.23. The number of nitrogens with one attached hydrogen (secondary N) is 1. The van der Waals surface area contributed by atoms with Gasteiger partial charge in [0.15, 0.2) is 0 Å². The Balaban J connectivity index is 1.44. The number of aromatic nitrogens is 1. The summed E-state index contributed by atoms with van der Waals surface area (Å²) < 4.78 is 14.4. The normalized spacial score (nSPS) is 21.1. The van der Waals surface area contributed by atoms with Crippen molar-refractivity contribution in [3.8, 4) is 0 Å². The molecule has 0 atom stereocenters. The number of halogens is 2. The lowest BCUT2D eigenvalue weighted by atomic mass is 10.0. The third-order valence-corrected chi connectivity index (χ3v) is 6.09. The molecule has 25 heavy (non-hydrogen) atoms. The number of hydrogen-bond acceptors (Lipinski definition) is 2. The first-order chi connectivity index (χ1) is 12.0. The first kappa shape index (κ1) is 15.3. The van der Waals surface area contributed by atoms with E-state index in [1.165, 1.54) is 12.1 Å². The maximum Gasteiger partial charge on any atom is 0.322 e. The van der Waals surface area contributed by atoms with Crippen molar-refractivity contribution >= 4 is 27.6 Å². The monoisotopic (exact) mass is 401 g/mol. The summed E-state index contributed by atoms with van der Waals surface area (Å²) in [7, 11) is 0. The molecule has 0 radical (unpaired) electrons. The van der Waals surface area contributed by atoms with Crippen molar-refractivity contribution in [3.63, 3.8) is 0 Å². The molecule has 2 aromatic rings. The zero-order valence-electron chi connectivity index (χ0n) is 13.6. The second kappa shape index (κ2) is 5.04. The third kappa shape index (κ3) is 2.38. The van der Waals surface area contributed by atoms with E-state index in [-0.39, 0.29) is 17.3 Å². The van der Waals surface area contributed by atoms with Crippen molar-refractivity contribution in [3.05, 3.63) is 58.1 Å². The first-order valence-electron chi connectivity index (χ1n) is 8.53. The minimum Gasteiger partial charge on any atom is -0.328 e. The summed E-state index contributed by atoms with van der Waals surface area (Å²) in [6, 6.07) is 8.38. The highest BCUT2D eigenvalue weighted by atomic mass is 79.9. The second-order valence-electron chi connectivity index (χ2n) is 7.41. The van der Waals surface area contributed by atoms with Gasteiger partial charge in [-0.15, -0.1) is 0 Å². The molecule has 4 nitrogen and oxygen atoms in total. The largest absolute Gasteiger partial charge is 0.328 e. The van der Waals surface area contributed by atoms with Gasteiger partial charge in [-0.3, -0.25) is 9.88 Å². The van der Waals surface area contributed by atoms with Crippen LogP contribution in [0, 0.1) is 5.82 Å². The molecular formula is C19H17BrFN3O. The summed E-state index contributed by atoms with van der Waals surface area (Å²) in [6.45, 7) is 0.677. The van der Waals surface area contributed by atoms with Gasteiger partial charge in [0.1, 0.15) is 5.82 Å². The minimum atomic E-state index is -0.432. The first-order valence-corrected chi connectivity index (χ1v) is 9.33. The third-order valence-electron chi connectivity index (χ3n) is 5.66. The molecule has 2 saturated carbocycles. The Bertz CT molecular complexity index is 892. The maximum absolute atomic E-state index is 13.6. The van der Waals surface area contributed by atoms with E-state index in [2.05, 4.69) is 26.2 Å². The fourth-order valence-electron chi connectivity index (χ4n) is 3.90. The maximum atomic E-state index is 13.6. The number of rotatable bonds is 2. The van der Waals surface area contributed by atoms with Crippen LogP contribution in [0.25, 0.3) is 0 Å². The summed E-state index contributed by atoms with van der Waals surface area (Å²) in [5.41, 5.74) is 2.37. The molecule has 0 saturated heterocycles. The van der Waals surface area contributed by atoms with Crippen molar-refractivity contribution in [2.45, 2.75) is 36.6 Å². The van der Waals surface area contributed by atoms with Crippen LogP contribution in [0.3, 0.4) is 0 Å². The van der Waals surface area contributed by atoms with E-state index in [9.17, 15) is 9.18 Å². The quantitative estimate of drug-likeness (QED) is 0.817. The summed E-state index contributed by atoms with van der Waals surface area (Å²) in [4.78, 5) is 19.4. The average Bonchev–Trinajstić information content (AvgIpc) is 3.48. The fraction of sp³-hybridized carbons (Fsp3) is 0.368. The summed E-state index contributed by atoms with van der Waals surface area (Å²) in [5, 5.41) is 3.16. The van der Waals surface area contributed by atoms with Crippen molar-refractivity contribution in [2.24, 2.45) is 0 Å². The molecule has 1 aromatic carbocycles. The molecule has 2 fully saturated rings. The van der Waals surface area contributed by atoms with Crippen molar-refractivity contribution < 1.29 is 9.18 Å². The molecule has 1 N–H and O–H groups in total. The molecule has 128 valence electrons. The van der Waals surface area contributed by atoms with Crippen LogP contribution in [0.5, 0.6) is 0 Å². The van der Waals surface area contributed by atoms with Gasteiger partial charge in [-0.25, -0.2) is 9.18 Å². The van der Waals surface area contributed by atoms with E-state index < -0.39 is 5.54 Å². The average molecular weight is 402 g/mol. The number of carbonyl (C=O) groups is 1. The lowest BCUT2D eigenvalue weighted by molar-refractivity contribution is 0.241. The van der Waals surface area contributed by atoms with E-state index in [1.807, 2.05) is 12.1 Å². The van der Waals surface area contributed by atoms with E-state index >= 15 is 0 Å². The highest BCUT2D eigenvalue weighted by molar-refractivity contribution is 9.10. The Labute approximate surface area is 153 Å². The van der Waals surface area contributed by atoms with Crippen LogP contribution in [0.4, 0.5) is 14.9 Å². The predicted molar refractivity (Wildman–Crippen MR) is 96.0 cm³/mol. The SMILES string of the molecule is O=C(NC1(c2cccc(F)c2)CC1)N1CC2(CC2)c2ncc(Br)cc21. The van der Waals surface area contributed by atoms with Crippen molar-refractivity contribution in [1.29, 1.82) is 0 Å². The summed E-state index contributed by atoms with van der Waals surface area (Å²) in [6.07, 6.45) is 5.63. The van der Waals surface area contributed by atoms with Crippen LogP contribution in [0.15, 0.2) is 41.0 Å². The van der Waals surface area contributed by atoms with Gasteiger partial charge in [0.2, 0.25) is 0 Å². The van der Waals surface area contributed by atoms with E-state index in [1.54, 1.807) is 17.2 Å². The van der Waals surface area contributed by atoms with Gasteiger partial charge in [-0.1, -0.05) is 12.1 Å². The number of anilines is 1. The molecule has 5 rings (SSSR count). The number of nitrogens with zero attached hydrogens (tertiary/aromatic N) is 2. The van der Waals surface area contributed by atoms with Crippen LogP contribution >= 0.6 is 15.9 Å². The molecule has 6 heteroatoms. The second-order valence-corrected chi connectivity index (χ2v) is 8.33. The van der Waals surface area contributed by atoms with Gasteiger partial charge < -0.3 is 5.32 Å². The molecule has 0 bridgehead atoms. The molecule has 1 spiro atoms. The summed E-state index contributed by atoms with van der Waals surface area (Å²) in [5.74, 6) is -0.269. The van der Waals surface area contributed by atoms with Gasteiger partial charge in [-0.05, 0) is 65.4 Å². The van der Waals surface area contributed by atoms with Crippen molar-refractivity contribution in [1.82, 2.24) is 10.3 Å². The molecule has 2 amide bonds. The number of fused-ring (bicyclic) bond motifs is 2. The van der Waals surface area contributed by atoms with Gasteiger partial charge in [-0.2, -0.15) is 0 Å². The van der Waals surface area contributed by atoms with Crippen LogP contribution in [-0.2, 0) is 11.0 Å². The van der Waals surface area contributed by atoms with Gasteiger partial charge in [0.05, 0.1) is 16.9 Å². The zero-order valence-corrected chi connectivity index (χ0v) is 15.1. The van der Waals surface area contributed by atoms with Gasteiger partial charge in [0.25, 0.3) is 0 Å². The zero-order chi connectivity index (χ0) is 17.2. The Kier molecular flexibility index (Phi) is 3.08. The standard InChI is InChI=1S/C19H17BrFN3O/c20-13-9-15-16(22-10-13)18(4-5-18)11-24(15)17(25)23-19(6-7-19)12-2-1-3-14(21)8-12/h1-3,8-10H,4-7,11H2,(H,23,25). The highest BCUT2D eigenvalue weighted by Crippen LogP contribution is 2.56. The lowest BCUT2D eigenvalue weighted by Gasteiger charge is -2.24. The number of benzene rings is 1. The van der Waals surface area contributed by atoms with Crippen molar-refractivity contribution in [2.75, 3.05) is 11.4 Å². The number of carbonyl (C=O) groups excluding carboxylic acids is 1. The Morgan fingerprint density at radius 1 is 1.24 bits per heavy atom. The minimum absolute atomic E-state index is 0.0446. The van der Waals surface area contributed by atoms with Gasteiger partial charge in [0, 0.05) is 22.6 Å². The number of amides is 2. The molecule has 1 aliphatic heterocycles. The number of urea groups is 1. The number of hydrogen-bond donors (Lipinski definition) is 1. The lowest BCUT2D eigenvalue weighted by Crippen LogP contribution is -2.45. The van der Waals surface area contributed by atoms with Crippen LogP contribution in [-0.4, -0.2) is 17.6 Å². The molecule has 3 aliphatic rings. The van der Waals surface area contributed by atoms with E-state index in [4.69, 9.17) is 0 Å². The Morgan fingerprint density at radius 3 is 2.72 bits per heavy atom. The number of pyridine rings is 1. The van der Waals surface area contributed by atoms with Gasteiger partial charge >= 0.3 is 6.03 Å². The molecular weight excluding hydrogens is 385 g/mol. The van der Waals surface area contributed by atoms with E-state index in [0.717, 1.165) is 47.1 Å². The molecule has 2 aliphatic carbocycles. The fourth-order valence-corrected chi connectivity index (χ4v) is 4.22.